The first-order valence-electron chi connectivity index (χ1n) is 5.37. The number of hydrogen-bond acceptors (Lipinski definition) is 6. The molecule has 0 aliphatic rings. The zero-order valence-electron chi connectivity index (χ0n) is 9.76. The zero-order chi connectivity index (χ0) is 14.3. The van der Waals surface area contributed by atoms with Gasteiger partial charge in [0.1, 0.15) is 11.7 Å². The normalized spacial score (nSPS) is 10.8. The quantitative estimate of drug-likeness (QED) is 0.568. The van der Waals surface area contributed by atoms with E-state index in [-0.39, 0.29) is 23.0 Å². The van der Waals surface area contributed by atoms with Crippen molar-refractivity contribution in [3.05, 3.63) is 46.4 Å². The molecular formula is C11H6N4O5. The van der Waals surface area contributed by atoms with Gasteiger partial charge >= 0.3 is 17.8 Å². The van der Waals surface area contributed by atoms with Crippen molar-refractivity contribution in [1.82, 2.24) is 14.5 Å². The molecule has 9 heteroatoms. The average molecular weight is 274 g/mol. The highest BCUT2D eigenvalue weighted by molar-refractivity contribution is 5.91. The van der Waals surface area contributed by atoms with Crippen LogP contribution in [0.15, 0.2) is 35.1 Å². The number of aromatic carboxylic acids is 1. The summed E-state index contributed by atoms with van der Waals surface area (Å²) in [6.45, 7) is 0. The third-order valence-electron chi connectivity index (χ3n) is 2.60. The molecular weight excluding hydrogens is 268 g/mol. The molecule has 3 rings (SSSR count). The average Bonchev–Trinajstić information content (AvgIpc) is 3.04. The SMILES string of the molecule is O=C(O)c1ccc2nc(-n3cnc([N+](=O)[O-])c3)oc2c1. The van der Waals surface area contributed by atoms with E-state index in [1.54, 1.807) is 0 Å². The minimum atomic E-state index is -1.08. The molecule has 0 unspecified atom stereocenters. The number of oxazole rings is 1. The Bertz CT molecular complexity index is 834. The van der Waals surface area contributed by atoms with E-state index in [0.717, 1.165) is 6.20 Å². The Labute approximate surface area is 110 Å². The summed E-state index contributed by atoms with van der Waals surface area (Å²) in [6.07, 6.45) is 2.35. The molecule has 0 amide bonds. The Hall–Kier alpha value is -3.23. The van der Waals surface area contributed by atoms with E-state index >= 15 is 0 Å². The monoisotopic (exact) mass is 274 g/mol. The van der Waals surface area contributed by atoms with Crippen LogP contribution in [0.1, 0.15) is 10.4 Å². The van der Waals surface area contributed by atoms with Gasteiger partial charge < -0.3 is 19.6 Å². The van der Waals surface area contributed by atoms with Gasteiger partial charge in [0, 0.05) is 0 Å². The summed E-state index contributed by atoms with van der Waals surface area (Å²) in [7, 11) is 0. The van der Waals surface area contributed by atoms with Crippen LogP contribution in [0.2, 0.25) is 0 Å². The fourth-order valence-electron chi connectivity index (χ4n) is 1.67. The second-order valence-electron chi connectivity index (χ2n) is 3.88. The summed E-state index contributed by atoms with van der Waals surface area (Å²) in [5.41, 5.74) is 0.786. The van der Waals surface area contributed by atoms with E-state index in [1.807, 2.05) is 0 Å². The summed E-state index contributed by atoms with van der Waals surface area (Å²) in [4.78, 5) is 28.4. The van der Waals surface area contributed by atoms with Crippen LogP contribution in [0.4, 0.5) is 5.82 Å². The number of aromatic nitrogens is 3. The molecule has 1 aromatic carbocycles. The predicted molar refractivity (Wildman–Crippen MR) is 64.7 cm³/mol. The summed E-state index contributed by atoms with van der Waals surface area (Å²) >= 11 is 0. The highest BCUT2D eigenvalue weighted by Gasteiger charge is 2.15. The smallest absolute Gasteiger partial charge is 0.382 e. The Morgan fingerprint density at radius 1 is 1.45 bits per heavy atom. The number of hydrogen-bond donors (Lipinski definition) is 1. The maximum absolute atomic E-state index is 10.8. The van der Waals surface area contributed by atoms with Crippen LogP contribution < -0.4 is 0 Å². The highest BCUT2D eigenvalue weighted by Crippen LogP contribution is 2.20. The largest absolute Gasteiger partial charge is 0.478 e. The van der Waals surface area contributed by atoms with Crippen LogP contribution in [-0.2, 0) is 0 Å². The molecule has 0 aliphatic carbocycles. The molecule has 0 spiro atoms. The van der Waals surface area contributed by atoms with E-state index in [1.165, 1.54) is 29.1 Å². The fourth-order valence-corrected chi connectivity index (χ4v) is 1.67. The summed E-state index contributed by atoms with van der Waals surface area (Å²) in [5, 5.41) is 19.4. The third kappa shape index (κ3) is 1.86. The molecule has 2 heterocycles. The van der Waals surface area contributed by atoms with Crippen molar-refractivity contribution in [2.45, 2.75) is 0 Å². The number of carbonyl (C=O) groups is 1. The lowest BCUT2D eigenvalue weighted by molar-refractivity contribution is -0.389. The summed E-state index contributed by atoms with van der Waals surface area (Å²) in [6, 6.07) is 4.30. The van der Waals surface area contributed by atoms with Crippen LogP contribution in [0.3, 0.4) is 0 Å². The minimum absolute atomic E-state index is 0.0665. The van der Waals surface area contributed by atoms with Gasteiger partial charge in [0.05, 0.1) is 5.56 Å². The highest BCUT2D eigenvalue weighted by atomic mass is 16.6. The molecule has 9 nitrogen and oxygen atoms in total. The van der Waals surface area contributed by atoms with Crippen molar-refractivity contribution in [2.75, 3.05) is 0 Å². The predicted octanol–water partition coefficient (Wildman–Crippen LogP) is 1.62. The third-order valence-corrected chi connectivity index (χ3v) is 2.60. The van der Waals surface area contributed by atoms with E-state index in [2.05, 4.69) is 9.97 Å². The van der Waals surface area contributed by atoms with Crippen LogP contribution in [0.25, 0.3) is 17.1 Å². The second kappa shape index (κ2) is 4.16. The molecule has 2 aromatic heterocycles. The fraction of sp³-hybridized carbons (Fsp3) is 0. The molecule has 0 atom stereocenters. The van der Waals surface area contributed by atoms with Crippen molar-refractivity contribution in [3.8, 4) is 6.01 Å². The van der Waals surface area contributed by atoms with E-state index < -0.39 is 10.9 Å². The lowest BCUT2D eigenvalue weighted by Gasteiger charge is -1.91. The van der Waals surface area contributed by atoms with E-state index in [9.17, 15) is 14.9 Å². The van der Waals surface area contributed by atoms with Crippen molar-refractivity contribution >= 4 is 22.9 Å². The van der Waals surface area contributed by atoms with Gasteiger partial charge in [-0.3, -0.25) is 0 Å². The number of fused-ring (bicyclic) bond motifs is 1. The Morgan fingerprint density at radius 2 is 2.25 bits per heavy atom. The summed E-state index contributed by atoms with van der Waals surface area (Å²) in [5.74, 6) is -1.42. The minimum Gasteiger partial charge on any atom is -0.478 e. The zero-order valence-corrected chi connectivity index (χ0v) is 9.76. The van der Waals surface area contributed by atoms with Crippen LogP contribution >= 0.6 is 0 Å². The Balaban J connectivity index is 2.07. The molecule has 0 saturated carbocycles. The first kappa shape index (κ1) is 11.8. The van der Waals surface area contributed by atoms with E-state index in [4.69, 9.17) is 9.52 Å². The molecule has 20 heavy (non-hydrogen) atoms. The van der Waals surface area contributed by atoms with Gasteiger partial charge in [-0.05, 0) is 28.1 Å². The van der Waals surface area contributed by atoms with Gasteiger partial charge in [-0.2, -0.15) is 4.98 Å². The molecule has 0 radical (unpaired) electrons. The van der Waals surface area contributed by atoms with Gasteiger partial charge in [-0.25, -0.2) is 9.36 Å². The van der Waals surface area contributed by atoms with Gasteiger partial charge in [-0.1, -0.05) is 0 Å². The molecule has 0 fully saturated rings. The second-order valence-corrected chi connectivity index (χ2v) is 3.88. The van der Waals surface area contributed by atoms with Crippen molar-refractivity contribution in [2.24, 2.45) is 0 Å². The van der Waals surface area contributed by atoms with Gasteiger partial charge in [0.15, 0.2) is 5.58 Å². The molecule has 3 aromatic rings. The number of imidazole rings is 1. The van der Waals surface area contributed by atoms with Crippen LogP contribution in [0, 0.1) is 10.1 Å². The first-order valence-corrected chi connectivity index (χ1v) is 5.37. The number of carboxylic acids is 1. The molecule has 100 valence electrons. The van der Waals surface area contributed by atoms with Gasteiger partial charge in [0.25, 0.3) is 0 Å². The van der Waals surface area contributed by atoms with Crippen molar-refractivity contribution in [3.63, 3.8) is 0 Å². The lowest BCUT2D eigenvalue weighted by Crippen LogP contribution is -1.94. The standard InChI is InChI=1S/C11H6N4O5/c16-10(17)6-1-2-7-8(3-6)20-11(13-7)14-4-9(12-5-14)15(18)19/h1-5H,(H,16,17). The van der Waals surface area contributed by atoms with Gasteiger partial charge in [0.2, 0.25) is 6.33 Å². The number of nitrogens with zero attached hydrogens (tertiary/aromatic N) is 4. The van der Waals surface area contributed by atoms with Crippen LogP contribution in [-0.4, -0.2) is 30.5 Å². The van der Waals surface area contributed by atoms with E-state index in [0.29, 0.717) is 5.52 Å². The maximum Gasteiger partial charge on any atom is 0.382 e. The molecule has 0 aliphatic heterocycles. The first-order chi connectivity index (χ1) is 9.54. The maximum atomic E-state index is 10.8. The Morgan fingerprint density at radius 3 is 2.90 bits per heavy atom. The summed E-state index contributed by atoms with van der Waals surface area (Å²) < 4.78 is 6.61. The lowest BCUT2D eigenvalue weighted by atomic mass is 10.2. The van der Waals surface area contributed by atoms with Crippen molar-refractivity contribution in [1.29, 1.82) is 0 Å². The Kier molecular flexibility index (Phi) is 2.46. The molecule has 0 bridgehead atoms. The number of carboxylic acid groups (broad SMARTS) is 1. The topological polar surface area (TPSA) is 124 Å². The van der Waals surface area contributed by atoms with Crippen LogP contribution in [0.5, 0.6) is 0 Å². The van der Waals surface area contributed by atoms with Crippen molar-refractivity contribution < 1.29 is 19.2 Å². The molecule has 0 saturated heterocycles. The number of nitro groups is 1. The van der Waals surface area contributed by atoms with Gasteiger partial charge in [-0.15, -0.1) is 0 Å². The molecule has 1 N–H and O–H groups in total. The number of benzene rings is 1. The number of rotatable bonds is 3.